The highest BCUT2D eigenvalue weighted by atomic mass is 35.5. The molecule has 3 N–H and O–H groups in total. The Bertz CT molecular complexity index is 1370. The van der Waals surface area contributed by atoms with Crippen molar-refractivity contribution in [2.75, 3.05) is 31.0 Å². The highest BCUT2D eigenvalue weighted by Gasteiger charge is 2.13. The van der Waals surface area contributed by atoms with Crippen LogP contribution in [0.2, 0.25) is 10.0 Å². The molecule has 0 aliphatic heterocycles. The lowest BCUT2D eigenvalue weighted by atomic mass is 10.2. The number of ether oxygens (including phenoxy) is 3. The van der Waals surface area contributed by atoms with Crippen molar-refractivity contribution in [1.82, 2.24) is 5.43 Å². The molecule has 40 heavy (non-hydrogen) atoms. The Morgan fingerprint density at radius 1 is 0.850 bits per heavy atom. The second-order valence-electron chi connectivity index (χ2n) is 8.26. The molecule has 0 bridgehead atoms. The molecule has 0 saturated heterocycles. The lowest BCUT2D eigenvalue weighted by molar-refractivity contribution is -0.136. The van der Waals surface area contributed by atoms with Gasteiger partial charge in [-0.1, -0.05) is 36.5 Å². The van der Waals surface area contributed by atoms with E-state index in [4.69, 9.17) is 37.4 Å². The van der Waals surface area contributed by atoms with E-state index in [0.717, 1.165) is 12.8 Å². The highest BCUT2D eigenvalue weighted by Crippen LogP contribution is 2.28. The number of carbonyl (C=O) groups excluding carboxylic acids is 3. The summed E-state index contributed by atoms with van der Waals surface area (Å²) in [5.41, 5.74) is 3.63. The van der Waals surface area contributed by atoms with E-state index in [1.165, 1.54) is 19.4 Å². The first-order valence-electron chi connectivity index (χ1n) is 12.2. The summed E-state index contributed by atoms with van der Waals surface area (Å²) in [5.74, 6) is -0.912. The average Bonchev–Trinajstić information content (AvgIpc) is 2.95. The molecule has 0 aliphatic rings. The second kappa shape index (κ2) is 15.3. The van der Waals surface area contributed by atoms with Gasteiger partial charge in [0.05, 0.1) is 30.0 Å². The molecule has 12 heteroatoms. The Hall–Kier alpha value is -4.28. The number of anilines is 2. The Balaban J connectivity index is 1.48. The summed E-state index contributed by atoms with van der Waals surface area (Å²) < 4.78 is 16.5. The fourth-order valence-corrected chi connectivity index (χ4v) is 3.47. The molecule has 3 rings (SSSR count). The maximum atomic E-state index is 12.2. The van der Waals surface area contributed by atoms with Crippen molar-refractivity contribution >= 4 is 58.5 Å². The standard InChI is InChI=1S/C28H28Cl2N4O6/c1-3-4-13-39-21-9-6-19(7-10-21)33-27(36)28(37)34-31-16-18-5-12-24(25(14-18)38-2)40-17-26(35)32-20-8-11-22(29)23(30)15-20/h5-12,14-16H,3-4,13,17H2,1-2H3,(H,32,35)(H,33,36)(H,34,37)/b31-16-. The zero-order chi connectivity index (χ0) is 28.9. The summed E-state index contributed by atoms with van der Waals surface area (Å²) in [6.45, 7) is 2.40. The van der Waals surface area contributed by atoms with Crippen LogP contribution in [0, 0.1) is 0 Å². The van der Waals surface area contributed by atoms with Gasteiger partial charge in [0.2, 0.25) is 0 Å². The first-order chi connectivity index (χ1) is 19.3. The number of hydrogen-bond donors (Lipinski definition) is 3. The van der Waals surface area contributed by atoms with Crippen molar-refractivity contribution in [1.29, 1.82) is 0 Å². The number of nitrogens with one attached hydrogen (secondary N) is 3. The van der Waals surface area contributed by atoms with Gasteiger partial charge in [0.1, 0.15) is 5.75 Å². The van der Waals surface area contributed by atoms with Gasteiger partial charge in [0.15, 0.2) is 18.1 Å². The van der Waals surface area contributed by atoms with Crippen LogP contribution >= 0.6 is 23.2 Å². The monoisotopic (exact) mass is 586 g/mol. The number of halogens is 2. The summed E-state index contributed by atoms with van der Waals surface area (Å²) in [6, 6.07) is 16.2. The fraction of sp³-hybridized carbons (Fsp3) is 0.214. The number of unbranched alkanes of at least 4 members (excludes halogenated alkanes) is 1. The molecular formula is C28H28Cl2N4O6. The minimum Gasteiger partial charge on any atom is -0.494 e. The largest absolute Gasteiger partial charge is 0.494 e. The molecule has 3 aromatic carbocycles. The van der Waals surface area contributed by atoms with E-state index in [9.17, 15) is 14.4 Å². The molecular weight excluding hydrogens is 559 g/mol. The molecule has 10 nitrogen and oxygen atoms in total. The molecule has 3 aromatic rings. The quantitative estimate of drug-likeness (QED) is 0.114. The smallest absolute Gasteiger partial charge is 0.329 e. The van der Waals surface area contributed by atoms with Gasteiger partial charge in [-0.3, -0.25) is 14.4 Å². The molecule has 3 amide bonds. The Kier molecular flexibility index (Phi) is 11.6. The van der Waals surface area contributed by atoms with Gasteiger partial charge < -0.3 is 24.8 Å². The minimum atomic E-state index is -0.945. The topological polar surface area (TPSA) is 127 Å². The predicted molar refractivity (Wildman–Crippen MR) is 155 cm³/mol. The molecule has 0 atom stereocenters. The number of hydrazone groups is 1. The lowest BCUT2D eigenvalue weighted by Gasteiger charge is -2.12. The summed E-state index contributed by atoms with van der Waals surface area (Å²) in [5, 5.41) is 9.65. The zero-order valence-electron chi connectivity index (χ0n) is 21.8. The van der Waals surface area contributed by atoms with Crippen LogP contribution in [0.3, 0.4) is 0 Å². The number of hydrogen-bond acceptors (Lipinski definition) is 7. The fourth-order valence-electron chi connectivity index (χ4n) is 3.17. The molecule has 0 fully saturated rings. The van der Waals surface area contributed by atoms with Crippen LogP contribution in [0.25, 0.3) is 0 Å². The lowest BCUT2D eigenvalue weighted by Crippen LogP contribution is -2.32. The van der Waals surface area contributed by atoms with Gasteiger partial charge in [-0.15, -0.1) is 0 Å². The Morgan fingerprint density at radius 3 is 2.30 bits per heavy atom. The van der Waals surface area contributed by atoms with Crippen molar-refractivity contribution in [2.24, 2.45) is 5.10 Å². The van der Waals surface area contributed by atoms with E-state index in [0.29, 0.717) is 50.8 Å². The number of methoxy groups -OCH3 is 1. The van der Waals surface area contributed by atoms with Gasteiger partial charge in [0.25, 0.3) is 5.91 Å². The van der Waals surface area contributed by atoms with E-state index < -0.39 is 17.7 Å². The van der Waals surface area contributed by atoms with E-state index in [-0.39, 0.29) is 6.61 Å². The first kappa shape index (κ1) is 30.3. The number of carbonyl (C=O) groups is 3. The SMILES string of the molecule is CCCCOc1ccc(NC(=O)C(=O)N/N=C\c2ccc(OCC(=O)Nc3ccc(Cl)c(Cl)c3)c(OC)c2)cc1. The van der Waals surface area contributed by atoms with Gasteiger partial charge in [0, 0.05) is 11.4 Å². The normalized spacial score (nSPS) is 10.6. The Labute approximate surface area is 241 Å². The van der Waals surface area contributed by atoms with Crippen LogP contribution in [-0.2, 0) is 14.4 Å². The van der Waals surface area contributed by atoms with Crippen LogP contribution < -0.4 is 30.3 Å². The van der Waals surface area contributed by atoms with Crippen LogP contribution in [-0.4, -0.2) is 44.3 Å². The second-order valence-corrected chi connectivity index (χ2v) is 9.07. The van der Waals surface area contributed by atoms with E-state index >= 15 is 0 Å². The first-order valence-corrected chi connectivity index (χ1v) is 13.0. The predicted octanol–water partition coefficient (Wildman–Crippen LogP) is 5.29. The van der Waals surface area contributed by atoms with Gasteiger partial charge in [-0.05, 0) is 72.6 Å². The van der Waals surface area contributed by atoms with Crippen molar-refractivity contribution in [3.05, 3.63) is 76.3 Å². The molecule has 210 valence electrons. The van der Waals surface area contributed by atoms with Crippen LogP contribution in [0.15, 0.2) is 65.8 Å². The van der Waals surface area contributed by atoms with Crippen molar-refractivity contribution in [3.8, 4) is 17.2 Å². The Morgan fingerprint density at radius 2 is 1.60 bits per heavy atom. The third kappa shape index (κ3) is 9.48. The number of amides is 3. The zero-order valence-corrected chi connectivity index (χ0v) is 23.3. The van der Waals surface area contributed by atoms with E-state index in [1.807, 2.05) is 0 Å². The molecule has 0 heterocycles. The summed E-state index contributed by atoms with van der Waals surface area (Å²) in [7, 11) is 1.44. The minimum absolute atomic E-state index is 0.288. The van der Waals surface area contributed by atoms with Crippen LogP contribution in [0.5, 0.6) is 17.2 Å². The van der Waals surface area contributed by atoms with Crippen molar-refractivity contribution < 1.29 is 28.6 Å². The summed E-state index contributed by atoms with van der Waals surface area (Å²) >= 11 is 11.8. The highest BCUT2D eigenvalue weighted by molar-refractivity contribution is 6.42. The molecule has 0 aromatic heterocycles. The maximum absolute atomic E-state index is 12.2. The van der Waals surface area contributed by atoms with E-state index in [1.54, 1.807) is 54.6 Å². The molecule has 0 aliphatic carbocycles. The third-order valence-electron chi connectivity index (χ3n) is 5.21. The molecule has 0 spiro atoms. The molecule has 0 saturated carbocycles. The van der Waals surface area contributed by atoms with Crippen LogP contribution in [0.1, 0.15) is 25.3 Å². The average molecular weight is 587 g/mol. The van der Waals surface area contributed by atoms with Crippen molar-refractivity contribution in [2.45, 2.75) is 19.8 Å². The number of rotatable bonds is 12. The summed E-state index contributed by atoms with van der Waals surface area (Å²) in [6.07, 6.45) is 3.31. The van der Waals surface area contributed by atoms with Crippen molar-refractivity contribution in [3.63, 3.8) is 0 Å². The van der Waals surface area contributed by atoms with Gasteiger partial charge >= 0.3 is 11.8 Å². The number of nitrogens with zero attached hydrogens (tertiary/aromatic N) is 1. The molecule has 0 unspecified atom stereocenters. The molecule has 0 radical (unpaired) electrons. The van der Waals surface area contributed by atoms with Gasteiger partial charge in [-0.25, -0.2) is 5.43 Å². The summed E-state index contributed by atoms with van der Waals surface area (Å²) in [4.78, 5) is 36.5. The van der Waals surface area contributed by atoms with Gasteiger partial charge in [-0.2, -0.15) is 5.10 Å². The number of benzene rings is 3. The maximum Gasteiger partial charge on any atom is 0.329 e. The van der Waals surface area contributed by atoms with E-state index in [2.05, 4.69) is 28.1 Å². The van der Waals surface area contributed by atoms with Crippen LogP contribution in [0.4, 0.5) is 11.4 Å². The third-order valence-corrected chi connectivity index (χ3v) is 5.95.